The first-order valence-corrected chi connectivity index (χ1v) is 8.51. The summed E-state index contributed by atoms with van der Waals surface area (Å²) >= 11 is 15.3. The summed E-state index contributed by atoms with van der Waals surface area (Å²) in [7, 11) is 0. The number of amides is 1. The molecule has 6 heteroatoms. The van der Waals surface area contributed by atoms with Crippen LogP contribution < -0.4 is 10.1 Å². The number of benzene rings is 2. The van der Waals surface area contributed by atoms with Crippen molar-refractivity contribution >= 4 is 50.7 Å². The summed E-state index contributed by atoms with van der Waals surface area (Å²) in [6.45, 7) is 5.57. The fraction of sp³-hybridized carbons (Fsp3) is 0.235. The van der Waals surface area contributed by atoms with Gasteiger partial charge < -0.3 is 10.1 Å². The average molecular weight is 417 g/mol. The number of anilines is 1. The minimum atomic E-state index is -0.661. The Morgan fingerprint density at radius 3 is 2.13 bits per heavy atom. The van der Waals surface area contributed by atoms with Gasteiger partial charge in [0.1, 0.15) is 5.75 Å². The van der Waals surface area contributed by atoms with Crippen LogP contribution >= 0.6 is 39.1 Å². The molecule has 2 rings (SSSR count). The highest BCUT2D eigenvalue weighted by atomic mass is 79.9. The van der Waals surface area contributed by atoms with Gasteiger partial charge in [-0.2, -0.15) is 0 Å². The van der Waals surface area contributed by atoms with Crippen LogP contribution in [0, 0.1) is 13.8 Å². The van der Waals surface area contributed by atoms with Crippen molar-refractivity contribution in [1.29, 1.82) is 0 Å². The normalized spacial score (nSPS) is 11.9. The minimum Gasteiger partial charge on any atom is -0.480 e. The lowest BCUT2D eigenvalue weighted by atomic mass is 10.1. The maximum Gasteiger partial charge on any atom is 0.265 e. The summed E-state index contributed by atoms with van der Waals surface area (Å²) in [5.41, 5.74) is 2.46. The Kier molecular flexibility index (Phi) is 5.95. The molecule has 0 aliphatic rings. The lowest BCUT2D eigenvalue weighted by Crippen LogP contribution is -2.30. The molecule has 23 heavy (non-hydrogen) atoms. The fourth-order valence-electron chi connectivity index (χ4n) is 2.18. The molecule has 0 aliphatic heterocycles. The van der Waals surface area contributed by atoms with Crippen molar-refractivity contribution in [2.45, 2.75) is 26.9 Å². The van der Waals surface area contributed by atoms with Gasteiger partial charge in [-0.3, -0.25) is 4.79 Å². The molecule has 0 fully saturated rings. The molecule has 0 aliphatic carbocycles. The number of carbonyl (C=O) groups is 1. The molecule has 1 atom stereocenters. The quantitative estimate of drug-likeness (QED) is 0.685. The Morgan fingerprint density at radius 1 is 1.09 bits per heavy atom. The van der Waals surface area contributed by atoms with Crippen LogP contribution in [0.1, 0.15) is 18.1 Å². The second kappa shape index (κ2) is 7.56. The maximum atomic E-state index is 12.3. The number of aryl methyl sites for hydroxylation is 2. The molecule has 0 heterocycles. The van der Waals surface area contributed by atoms with E-state index in [2.05, 4.69) is 21.2 Å². The third-order valence-electron chi connectivity index (χ3n) is 3.22. The molecule has 0 saturated carbocycles. The lowest BCUT2D eigenvalue weighted by molar-refractivity contribution is -0.122. The molecule has 0 saturated heterocycles. The van der Waals surface area contributed by atoms with Gasteiger partial charge in [-0.15, -0.1) is 0 Å². The molecular formula is C17H16BrCl2NO2. The van der Waals surface area contributed by atoms with Gasteiger partial charge in [0.2, 0.25) is 0 Å². The van der Waals surface area contributed by atoms with Crippen molar-refractivity contribution in [3.8, 4) is 5.75 Å². The summed E-state index contributed by atoms with van der Waals surface area (Å²) in [6.07, 6.45) is -0.661. The second-order valence-electron chi connectivity index (χ2n) is 5.28. The smallest absolute Gasteiger partial charge is 0.265 e. The number of ether oxygens (including phenoxy) is 1. The zero-order chi connectivity index (χ0) is 17.1. The molecule has 122 valence electrons. The zero-order valence-electron chi connectivity index (χ0n) is 12.9. The molecule has 0 radical (unpaired) electrons. The van der Waals surface area contributed by atoms with E-state index in [-0.39, 0.29) is 5.91 Å². The first-order chi connectivity index (χ1) is 10.8. The van der Waals surface area contributed by atoms with E-state index in [0.717, 1.165) is 15.6 Å². The Hall–Kier alpha value is -1.23. The predicted octanol–water partition coefficient (Wildman–Crippen LogP) is 5.78. The van der Waals surface area contributed by atoms with Gasteiger partial charge in [0.15, 0.2) is 6.10 Å². The average Bonchev–Trinajstić information content (AvgIpc) is 2.41. The molecule has 1 N–H and O–H groups in total. The molecule has 1 amide bonds. The molecule has 1 unspecified atom stereocenters. The van der Waals surface area contributed by atoms with E-state index < -0.39 is 6.10 Å². The SMILES string of the molecule is Cc1cc(Br)cc(C)c1OC(C)C(=O)Nc1cc(Cl)cc(Cl)c1. The summed E-state index contributed by atoms with van der Waals surface area (Å²) in [6, 6.07) is 8.77. The number of halogens is 3. The number of hydrogen-bond donors (Lipinski definition) is 1. The highest BCUT2D eigenvalue weighted by molar-refractivity contribution is 9.10. The van der Waals surface area contributed by atoms with Crippen LogP contribution in [0.15, 0.2) is 34.8 Å². The fourth-order valence-corrected chi connectivity index (χ4v) is 3.40. The zero-order valence-corrected chi connectivity index (χ0v) is 16.0. The van der Waals surface area contributed by atoms with Crippen molar-refractivity contribution in [2.24, 2.45) is 0 Å². The second-order valence-corrected chi connectivity index (χ2v) is 7.06. The summed E-state index contributed by atoms with van der Waals surface area (Å²) in [5, 5.41) is 3.67. The van der Waals surface area contributed by atoms with E-state index in [9.17, 15) is 4.79 Å². The van der Waals surface area contributed by atoms with Crippen molar-refractivity contribution in [3.63, 3.8) is 0 Å². The highest BCUT2D eigenvalue weighted by Gasteiger charge is 2.17. The number of hydrogen-bond acceptors (Lipinski definition) is 2. The topological polar surface area (TPSA) is 38.3 Å². The summed E-state index contributed by atoms with van der Waals surface area (Å²) < 4.78 is 6.80. The minimum absolute atomic E-state index is 0.273. The van der Waals surface area contributed by atoms with Crippen LogP contribution in [0.3, 0.4) is 0 Å². The first kappa shape index (κ1) is 18.1. The van der Waals surface area contributed by atoms with E-state index in [1.54, 1.807) is 25.1 Å². The monoisotopic (exact) mass is 415 g/mol. The predicted molar refractivity (Wildman–Crippen MR) is 98.8 cm³/mol. The van der Waals surface area contributed by atoms with Crippen LogP contribution in [-0.2, 0) is 4.79 Å². The highest BCUT2D eigenvalue weighted by Crippen LogP contribution is 2.28. The van der Waals surface area contributed by atoms with Crippen LogP contribution in [0.25, 0.3) is 0 Å². The van der Waals surface area contributed by atoms with Crippen molar-refractivity contribution in [3.05, 3.63) is 56.0 Å². The standard InChI is InChI=1S/C17H16BrCl2NO2/c1-9-4-12(18)5-10(2)16(9)23-11(3)17(22)21-15-7-13(19)6-14(20)8-15/h4-8,11H,1-3H3,(H,21,22). The Balaban J connectivity index is 2.11. The molecule has 0 bridgehead atoms. The molecule has 3 nitrogen and oxygen atoms in total. The third-order valence-corrected chi connectivity index (χ3v) is 4.11. The van der Waals surface area contributed by atoms with Crippen LogP contribution in [0.4, 0.5) is 5.69 Å². The number of rotatable bonds is 4. The van der Waals surface area contributed by atoms with Gasteiger partial charge in [0.05, 0.1) is 0 Å². The van der Waals surface area contributed by atoms with E-state index in [0.29, 0.717) is 21.5 Å². The van der Waals surface area contributed by atoms with E-state index in [4.69, 9.17) is 27.9 Å². The van der Waals surface area contributed by atoms with Gasteiger partial charge in [-0.05, 0) is 62.2 Å². The van der Waals surface area contributed by atoms with E-state index >= 15 is 0 Å². The third kappa shape index (κ3) is 4.87. The van der Waals surface area contributed by atoms with E-state index in [1.807, 2.05) is 26.0 Å². The molecular weight excluding hydrogens is 401 g/mol. The Morgan fingerprint density at radius 2 is 1.61 bits per heavy atom. The Bertz CT molecular complexity index is 706. The molecule has 0 spiro atoms. The first-order valence-electron chi connectivity index (χ1n) is 6.96. The molecule has 0 aromatic heterocycles. The van der Waals surface area contributed by atoms with E-state index in [1.165, 1.54) is 0 Å². The van der Waals surface area contributed by atoms with Crippen molar-refractivity contribution < 1.29 is 9.53 Å². The van der Waals surface area contributed by atoms with Gasteiger partial charge in [-0.1, -0.05) is 39.1 Å². The van der Waals surface area contributed by atoms with Crippen molar-refractivity contribution in [2.75, 3.05) is 5.32 Å². The van der Waals surface area contributed by atoms with Gasteiger partial charge >= 0.3 is 0 Å². The lowest BCUT2D eigenvalue weighted by Gasteiger charge is -2.18. The van der Waals surface area contributed by atoms with Crippen LogP contribution in [0.2, 0.25) is 10.0 Å². The molecule has 2 aromatic carbocycles. The van der Waals surface area contributed by atoms with Gasteiger partial charge in [-0.25, -0.2) is 0 Å². The maximum absolute atomic E-state index is 12.3. The summed E-state index contributed by atoms with van der Waals surface area (Å²) in [4.78, 5) is 12.3. The van der Waals surface area contributed by atoms with Crippen LogP contribution in [0.5, 0.6) is 5.75 Å². The van der Waals surface area contributed by atoms with Crippen LogP contribution in [-0.4, -0.2) is 12.0 Å². The van der Waals surface area contributed by atoms with Gasteiger partial charge in [0.25, 0.3) is 5.91 Å². The molecule has 2 aromatic rings. The van der Waals surface area contributed by atoms with Gasteiger partial charge in [0, 0.05) is 20.2 Å². The van der Waals surface area contributed by atoms with Crippen molar-refractivity contribution in [1.82, 2.24) is 0 Å². The number of carbonyl (C=O) groups excluding carboxylic acids is 1. The number of nitrogens with one attached hydrogen (secondary N) is 1. The summed E-state index contributed by atoms with van der Waals surface area (Å²) in [5.74, 6) is 0.435. The Labute approximate surface area is 154 Å². The largest absolute Gasteiger partial charge is 0.480 e.